The Bertz CT molecular complexity index is 1150. The number of likely N-dealkylation sites (tertiary alicyclic amines) is 1. The Morgan fingerprint density at radius 3 is 2.77 bits per heavy atom. The minimum Gasteiger partial charge on any atom is -0.338 e. The summed E-state index contributed by atoms with van der Waals surface area (Å²) in [5.41, 5.74) is 0.518. The number of piperidine rings is 1. The highest BCUT2D eigenvalue weighted by molar-refractivity contribution is 5.94. The van der Waals surface area contributed by atoms with E-state index in [1.54, 1.807) is 4.90 Å². The summed E-state index contributed by atoms with van der Waals surface area (Å²) in [5, 5.41) is 4.14. The van der Waals surface area contributed by atoms with Gasteiger partial charge in [0.1, 0.15) is 12.0 Å². The zero-order valence-electron chi connectivity index (χ0n) is 16.9. The van der Waals surface area contributed by atoms with Crippen molar-refractivity contribution in [2.45, 2.75) is 44.4 Å². The zero-order chi connectivity index (χ0) is 21.7. The van der Waals surface area contributed by atoms with Crippen LogP contribution in [0.2, 0.25) is 0 Å². The molecule has 2 atom stereocenters. The first-order valence-corrected chi connectivity index (χ1v) is 10.4. The monoisotopic (exact) mass is 430 g/mol. The maximum absolute atomic E-state index is 14.9. The summed E-state index contributed by atoms with van der Waals surface area (Å²) in [7, 11) is 0. The molecule has 1 saturated heterocycles. The van der Waals surface area contributed by atoms with Crippen LogP contribution in [-0.4, -0.2) is 48.5 Å². The molecule has 2 fully saturated rings. The number of carbonyl (C=O) groups excluding carboxylic acids is 1. The standard InChI is InChI=1S/C21H21F3N6O/c1-11-5-7-29(20(31)13-4-6-25-18(17(13)22)12-2-3-12)9-14(11)16-8-15(19(23)24)28-21-26-10-27-30(16)21/h4,6,8,10-12,14,19H,2-3,5,7,9H2,1H3/t11-,14-/m1/s1. The first kappa shape index (κ1) is 19.9. The predicted octanol–water partition coefficient (Wildman–Crippen LogP) is 3.74. The van der Waals surface area contributed by atoms with E-state index >= 15 is 0 Å². The zero-order valence-corrected chi connectivity index (χ0v) is 16.9. The van der Waals surface area contributed by atoms with Gasteiger partial charge in [-0.3, -0.25) is 9.78 Å². The summed E-state index contributed by atoms with van der Waals surface area (Å²) in [6.45, 7) is 2.74. The summed E-state index contributed by atoms with van der Waals surface area (Å²) in [5.74, 6) is -0.932. The topological polar surface area (TPSA) is 76.3 Å². The summed E-state index contributed by atoms with van der Waals surface area (Å²) in [6, 6.07) is 2.74. The molecule has 0 unspecified atom stereocenters. The van der Waals surface area contributed by atoms with E-state index in [2.05, 4.69) is 20.1 Å². The molecule has 3 aromatic heterocycles. The van der Waals surface area contributed by atoms with E-state index in [0.29, 0.717) is 24.4 Å². The highest BCUT2D eigenvalue weighted by atomic mass is 19.3. The van der Waals surface area contributed by atoms with Crippen LogP contribution in [0.25, 0.3) is 5.78 Å². The van der Waals surface area contributed by atoms with Crippen LogP contribution in [-0.2, 0) is 0 Å². The van der Waals surface area contributed by atoms with Crippen LogP contribution < -0.4 is 0 Å². The Morgan fingerprint density at radius 2 is 2.03 bits per heavy atom. The smallest absolute Gasteiger partial charge is 0.280 e. The molecule has 4 heterocycles. The summed E-state index contributed by atoms with van der Waals surface area (Å²) >= 11 is 0. The molecular formula is C21H21F3N6O. The van der Waals surface area contributed by atoms with Gasteiger partial charge in [0.15, 0.2) is 5.82 Å². The van der Waals surface area contributed by atoms with Crippen molar-refractivity contribution < 1.29 is 18.0 Å². The lowest BCUT2D eigenvalue weighted by Crippen LogP contribution is -2.43. The van der Waals surface area contributed by atoms with Crippen molar-refractivity contribution in [2.24, 2.45) is 5.92 Å². The van der Waals surface area contributed by atoms with Gasteiger partial charge >= 0.3 is 0 Å². The largest absolute Gasteiger partial charge is 0.338 e. The van der Waals surface area contributed by atoms with E-state index in [1.807, 2.05) is 6.92 Å². The Hall–Kier alpha value is -3.04. The van der Waals surface area contributed by atoms with E-state index in [4.69, 9.17) is 0 Å². The lowest BCUT2D eigenvalue weighted by atomic mass is 9.84. The molecule has 0 N–H and O–H groups in total. The Balaban J connectivity index is 1.48. The number of rotatable bonds is 4. The van der Waals surface area contributed by atoms with Crippen LogP contribution in [0.15, 0.2) is 24.7 Å². The number of pyridine rings is 1. The fourth-order valence-electron chi connectivity index (χ4n) is 4.31. The van der Waals surface area contributed by atoms with Gasteiger partial charge in [0, 0.05) is 31.1 Å². The van der Waals surface area contributed by atoms with Gasteiger partial charge in [0.05, 0.1) is 17.0 Å². The maximum atomic E-state index is 14.9. The van der Waals surface area contributed by atoms with Crippen LogP contribution in [0.5, 0.6) is 0 Å². The third kappa shape index (κ3) is 3.53. The minimum atomic E-state index is -2.75. The first-order valence-electron chi connectivity index (χ1n) is 10.4. The van der Waals surface area contributed by atoms with Crippen molar-refractivity contribution in [1.82, 2.24) is 29.5 Å². The van der Waals surface area contributed by atoms with Crippen LogP contribution in [0.4, 0.5) is 13.2 Å². The maximum Gasteiger partial charge on any atom is 0.280 e. The third-order valence-electron chi connectivity index (χ3n) is 6.26. The molecule has 0 bridgehead atoms. The Morgan fingerprint density at radius 1 is 1.23 bits per heavy atom. The molecule has 1 saturated carbocycles. The molecule has 31 heavy (non-hydrogen) atoms. The summed E-state index contributed by atoms with van der Waals surface area (Å²) in [6.07, 6.45) is 2.42. The van der Waals surface area contributed by atoms with Gasteiger partial charge in [-0.15, -0.1) is 0 Å². The van der Waals surface area contributed by atoms with Crippen molar-refractivity contribution in [3.05, 3.63) is 53.1 Å². The quantitative estimate of drug-likeness (QED) is 0.630. The molecule has 162 valence electrons. The average Bonchev–Trinajstić information content (AvgIpc) is 3.49. The Kier molecular flexibility index (Phi) is 4.86. The van der Waals surface area contributed by atoms with Gasteiger partial charge in [-0.2, -0.15) is 10.1 Å². The third-order valence-corrected chi connectivity index (χ3v) is 6.26. The molecule has 7 nitrogen and oxygen atoms in total. The normalized spacial score (nSPS) is 21.8. The van der Waals surface area contributed by atoms with Crippen molar-refractivity contribution in [3.63, 3.8) is 0 Å². The highest BCUT2D eigenvalue weighted by Crippen LogP contribution is 2.41. The van der Waals surface area contributed by atoms with E-state index in [-0.39, 0.29) is 41.3 Å². The average molecular weight is 430 g/mol. The number of amides is 1. The lowest BCUT2D eigenvalue weighted by molar-refractivity contribution is 0.0660. The molecule has 1 aliphatic carbocycles. The SMILES string of the molecule is C[C@@H]1CCN(C(=O)c2ccnc(C3CC3)c2F)C[C@H]1c1cc(C(F)F)nc2ncnn12. The van der Waals surface area contributed by atoms with E-state index in [1.165, 1.54) is 29.2 Å². The second kappa shape index (κ2) is 7.58. The number of carbonyl (C=O) groups is 1. The molecule has 5 rings (SSSR count). The van der Waals surface area contributed by atoms with Crippen molar-refractivity contribution in [2.75, 3.05) is 13.1 Å². The van der Waals surface area contributed by atoms with Crippen LogP contribution in [0.1, 0.15) is 71.9 Å². The van der Waals surface area contributed by atoms with E-state index in [0.717, 1.165) is 12.8 Å². The van der Waals surface area contributed by atoms with Crippen molar-refractivity contribution in [1.29, 1.82) is 0 Å². The van der Waals surface area contributed by atoms with Crippen LogP contribution in [0, 0.1) is 11.7 Å². The number of hydrogen-bond donors (Lipinski definition) is 0. The molecule has 0 spiro atoms. The Labute approximate surface area is 176 Å². The van der Waals surface area contributed by atoms with Crippen LogP contribution in [0.3, 0.4) is 0 Å². The number of halogens is 3. The fourth-order valence-corrected chi connectivity index (χ4v) is 4.31. The van der Waals surface area contributed by atoms with Crippen molar-refractivity contribution >= 4 is 11.7 Å². The second-order valence-electron chi connectivity index (χ2n) is 8.33. The minimum absolute atomic E-state index is 0.0131. The van der Waals surface area contributed by atoms with Gasteiger partial charge < -0.3 is 4.90 Å². The molecule has 3 aromatic rings. The van der Waals surface area contributed by atoms with Crippen molar-refractivity contribution in [3.8, 4) is 0 Å². The highest BCUT2D eigenvalue weighted by Gasteiger charge is 2.35. The van der Waals surface area contributed by atoms with Crippen LogP contribution >= 0.6 is 0 Å². The van der Waals surface area contributed by atoms with Gasteiger partial charge in [-0.1, -0.05) is 6.92 Å². The van der Waals surface area contributed by atoms with Gasteiger partial charge in [0.25, 0.3) is 18.1 Å². The summed E-state index contributed by atoms with van der Waals surface area (Å²) in [4.78, 5) is 26.7. The number of hydrogen-bond acceptors (Lipinski definition) is 5. The van der Waals surface area contributed by atoms with E-state index in [9.17, 15) is 18.0 Å². The molecular weight excluding hydrogens is 409 g/mol. The molecule has 1 aliphatic heterocycles. The number of fused-ring (bicyclic) bond motifs is 1. The number of alkyl halides is 2. The molecule has 0 aromatic carbocycles. The van der Waals surface area contributed by atoms with E-state index < -0.39 is 18.1 Å². The van der Waals surface area contributed by atoms with Gasteiger partial charge in [-0.25, -0.2) is 22.7 Å². The lowest BCUT2D eigenvalue weighted by Gasteiger charge is -2.37. The molecule has 0 radical (unpaired) electrons. The van der Waals surface area contributed by atoms with Gasteiger partial charge in [-0.05, 0) is 37.3 Å². The summed E-state index contributed by atoms with van der Waals surface area (Å²) < 4.78 is 43.2. The molecule has 10 heteroatoms. The van der Waals surface area contributed by atoms with Gasteiger partial charge in [0.2, 0.25) is 0 Å². The fraction of sp³-hybridized carbons (Fsp3) is 0.476. The second-order valence-corrected chi connectivity index (χ2v) is 8.33. The number of nitrogens with zero attached hydrogens (tertiary/aromatic N) is 6. The molecule has 1 amide bonds. The number of aromatic nitrogens is 5. The predicted molar refractivity (Wildman–Crippen MR) is 104 cm³/mol. The first-order chi connectivity index (χ1) is 14.9. The molecule has 2 aliphatic rings.